The van der Waals surface area contributed by atoms with Crippen LogP contribution in [0.4, 0.5) is 0 Å². The van der Waals surface area contributed by atoms with E-state index in [1.807, 2.05) is 0 Å². The van der Waals surface area contributed by atoms with Crippen molar-refractivity contribution >= 4 is 11.8 Å². The van der Waals surface area contributed by atoms with Gasteiger partial charge in [0.1, 0.15) is 0 Å². The summed E-state index contributed by atoms with van der Waals surface area (Å²) >= 11 is 0. The van der Waals surface area contributed by atoms with Crippen LogP contribution < -0.4 is 10.9 Å². The molecule has 7 heteroatoms. The maximum atomic E-state index is 11.7. The fraction of sp³-hybridized carbons (Fsp3) is 0.385. The number of hydrazine groups is 1. The Morgan fingerprint density at radius 2 is 1.70 bits per heavy atom. The van der Waals surface area contributed by atoms with Crippen LogP contribution in [0.3, 0.4) is 0 Å². The molecule has 108 valence electrons. The summed E-state index contributed by atoms with van der Waals surface area (Å²) in [6.07, 6.45) is -1.66. The first kappa shape index (κ1) is 14.4. The van der Waals surface area contributed by atoms with E-state index in [2.05, 4.69) is 10.9 Å². The first-order chi connectivity index (χ1) is 9.56. The maximum absolute atomic E-state index is 11.7. The molecule has 0 bridgehead atoms. The Balaban J connectivity index is 1.74. The van der Waals surface area contributed by atoms with Crippen molar-refractivity contribution in [2.45, 2.75) is 12.2 Å². The molecule has 0 spiro atoms. The van der Waals surface area contributed by atoms with Gasteiger partial charge in [-0.05, 0) is 12.1 Å². The van der Waals surface area contributed by atoms with Gasteiger partial charge < -0.3 is 10.2 Å². The SMILES string of the molecule is O=C(CN1C[C@@H](O)[C@@H](O)C1)NNC(=O)c1ccccc1. The summed E-state index contributed by atoms with van der Waals surface area (Å²) < 4.78 is 0. The van der Waals surface area contributed by atoms with E-state index in [0.29, 0.717) is 5.56 Å². The van der Waals surface area contributed by atoms with Crippen molar-refractivity contribution in [3.05, 3.63) is 35.9 Å². The number of aliphatic hydroxyl groups excluding tert-OH is 2. The van der Waals surface area contributed by atoms with Gasteiger partial charge in [-0.15, -0.1) is 0 Å². The van der Waals surface area contributed by atoms with E-state index in [1.165, 1.54) is 0 Å². The van der Waals surface area contributed by atoms with Crippen molar-refractivity contribution in [1.82, 2.24) is 15.8 Å². The highest BCUT2D eigenvalue weighted by Gasteiger charge is 2.30. The summed E-state index contributed by atoms with van der Waals surface area (Å²) in [5.41, 5.74) is 5.04. The zero-order chi connectivity index (χ0) is 14.5. The summed E-state index contributed by atoms with van der Waals surface area (Å²) in [4.78, 5) is 24.9. The minimum atomic E-state index is -0.832. The molecule has 20 heavy (non-hydrogen) atoms. The summed E-state index contributed by atoms with van der Waals surface area (Å²) in [5.74, 6) is -0.809. The molecule has 0 aromatic heterocycles. The molecule has 1 saturated heterocycles. The number of aliphatic hydroxyl groups is 2. The van der Waals surface area contributed by atoms with E-state index in [4.69, 9.17) is 0 Å². The minimum Gasteiger partial charge on any atom is -0.389 e. The van der Waals surface area contributed by atoms with Crippen LogP contribution in [0.5, 0.6) is 0 Å². The number of likely N-dealkylation sites (tertiary alicyclic amines) is 1. The van der Waals surface area contributed by atoms with Crippen LogP contribution in [0.15, 0.2) is 30.3 Å². The van der Waals surface area contributed by atoms with Crippen LogP contribution in [0.25, 0.3) is 0 Å². The molecule has 0 saturated carbocycles. The van der Waals surface area contributed by atoms with Gasteiger partial charge in [0.25, 0.3) is 11.8 Å². The Morgan fingerprint density at radius 3 is 2.30 bits per heavy atom. The topological polar surface area (TPSA) is 102 Å². The number of nitrogens with one attached hydrogen (secondary N) is 2. The number of carbonyl (C=O) groups excluding carboxylic acids is 2. The van der Waals surface area contributed by atoms with Gasteiger partial charge in [0.15, 0.2) is 0 Å². The first-order valence-electron chi connectivity index (χ1n) is 6.29. The van der Waals surface area contributed by atoms with Crippen LogP contribution in [-0.2, 0) is 4.79 Å². The fourth-order valence-corrected chi connectivity index (χ4v) is 2.01. The smallest absolute Gasteiger partial charge is 0.269 e. The molecule has 1 aliphatic heterocycles. The van der Waals surface area contributed by atoms with Gasteiger partial charge >= 0.3 is 0 Å². The molecular weight excluding hydrogens is 262 g/mol. The Bertz CT molecular complexity index is 470. The summed E-state index contributed by atoms with van der Waals surface area (Å²) in [5, 5.41) is 18.7. The zero-order valence-electron chi connectivity index (χ0n) is 10.8. The number of hydrogen-bond donors (Lipinski definition) is 4. The summed E-state index contributed by atoms with van der Waals surface area (Å²) in [6.45, 7) is 0.478. The molecular formula is C13H17N3O4. The summed E-state index contributed by atoms with van der Waals surface area (Å²) in [7, 11) is 0. The second kappa shape index (κ2) is 6.47. The van der Waals surface area contributed by atoms with Gasteiger partial charge in [-0.2, -0.15) is 0 Å². The van der Waals surface area contributed by atoms with Crippen LogP contribution in [0, 0.1) is 0 Å². The molecule has 0 unspecified atom stereocenters. The molecule has 2 atom stereocenters. The third kappa shape index (κ3) is 3.77. The number of amides is 2. The number of hydrogen-bond acceptors (Lipinski definition) is 5. The minimum absolute atomic E-state index is 0.00316. The quantitative estimate of drug-likeness (QED) is 0.504. The highest BCUT2D eigenvalue weighted by Crippen LogP contribution is 2.08. The Labute approximate surface area is 116 Å². The van der Waals surface area contributed by atoms with Crippen molar-refractivity contribution < 1.29 is 19.8 Å². The van der Waals surface area contributed by atoms with E-state index in [9.17, 15) is 19.8 Å². The molecule has 7 nitrogen and oxygen atoms in total. The molecule has 1 aliphatic rings. The van der Waals surface area contributed by atoms with Gasteiger partial charge in [-0.25, -0.2) is 0 Å². The van der Waals surface area contributed by atoms with Crippen molar-refractivity contribution in [1.29, 1.82) is 0 Å². The third-order valence-corrected chi connectivity index (χ3v) is 3.05. The highest BCUT2D eigenvalue weighted by molar-refractivity contribution is 5.95. The van der Waals surface area contributed by atoms with E-state index in [1.54, 1.807) is 35.2 Å². The monoisotopic (exact) mass is 279 g/mol. The second-order valence-corrected chi connectivity index (χ2v) is 4.70. The molecule has 1 heterocycles. The average Bonchev–Trinajstić information content (AvgIpc) is 2.75. The lowest BCUT2D eigenvalue weighted by molar-refractivity contribution is -0.122. The number of benzene rings is 1. The Morgan fingerprint density at radius 1 is 1.10 bits per heavy atom. The molecule has 2 amide bonds. The van der Waals surface area contributed by atoms with Gasteiger partial charge in [-0.3, -0.25) is 25.3 Å². The van der Waals surface area contributed by atoms with Gasteiger partial charge in [0.05, 0.1) is 18.8 Å². The van der Waals surface area contributed by atoms with Crippen molar-refractivity contribution in [3.63, 3.8) is 0 Å². The van der Waals surface area contributed by atoms with Crippen LogP contribution in [0.1, 0.15) is 10.4 Å². The predicted octanol–water partition coefficient (Wildman–Crippen LogP) is -1.51. The lowest BCUT2D eigenvalue weighted by Gasteiger charge is -2.14. The van der Waals surface area contributed by atoms with Gasteiger partial charge in [-0.1, -0.05) is 18.2 Å². The molecule has 1 fully saturated rings. The van der Waals surface area contributed by atoms with Crippen LogP contribution in [0.2, 0.25) is 0 Å². The Hall–Kier alpha value is -1.96. The predicted molar refractivity (Wildman–Crippen MR) is 70.5 cm³/mol. The highest BCUT2D eigenvalue weighted by atomic mass is 16.3. The second-order valence-electron chi connectivity index (χ2n) is 4.70. The molecule has 0 aliphatic carbocycles. The number of β-amino-alcohol motifs (C(OH)–C–C–N with tert-alkyl or cyclic N) is 2. The largest absolute Gasteiger partial charge is 0.389 e. The molecule has 4 N–H and O–H groups in total. The molecule has 1 aromatic rings. The van der Waals surface area contributed by atoms with E-state index >= 15 is 0 Å². The zero-order valence-corrected chi connectivity index (χ0v) is 10.8. The Kier molecular flexibility index (Phi) is 4.67. The van der Waals surface area contributed by atoms with E-state index < -0.39 is 24.0 Å². The lowest BCUT2D eigenvalue weighted by atomic mass is 10.2. The molecule has 2 rings (SSSR count). The van der Waals surface area contributed by atoms with Crippen molar-refractivity contribution in [2.24, 2.45) is 0 Å². The molecule has 0 radical (unpaired) electrons. The first-order valence-corrected chi connectivity index (χ1v) is 6.29. The number of rotatable bonds is 3. The third-order valence-electron chi connectivity index (χ3n) is 3.05. The standard InChI is InChI=1S/C13H17N3O4/c17-10-6-16(7-11(10)18)8-12(19)14-15-13(20)9-4-2-1-3-5-9/h1-5,10-11,17-18H,6-8H2,(H,14,19)(H,15,20)/t10-,11+. The van der Waals surface area contributed by atoms with Crippen molar-refractivity contribution in [3.8, 4) is 0 Å². The average molecular weight is 279 g/mol. The van der Waals surface area contributed by atoms with Crippen LogP contribution >= 0.6 is 0 Å². The fourth-order valence-electron chi connectivity index (χ4n) is 2.01. The van der Waals surface area contributed by atoms with Crippen LogP contribution in [-0.4, -0.2) is 58.8 Å². The van der Waals surface area contributed by atoms with E-state index in [0.717, 1.165) is 0 Å². The lowest BCUT2D eigenvalue weighted by Crippen LogP contribution is -2.46. The normalized spacial score (nSPS) is 22.5. The van der Waals surface area contributed by atoms with E-state index in [-0.39, 0.29) is 19.6 Å². The van der Waals surface area contributed by atoms with Gasteiger partial charge in [0.2, 0.25) is 0 Å². The van der Waals surface area contributed by atoms with Crippen molar-refractivity contribution in [2.75, 3.05) is 19.6 Å². The maximum Gasteiger partial charge on any atom is 0.269 e. The van der Waals surface area contributed by atoms with Gasteiger partial charge in [0, 0.05) is 18.7 Å². The molecule has 1 aromatic carbocycles. The summed E-state index contributed by atoms with van der Waals surface area (Å²) in [6, 6.07) is 8.51. The number of nitrogens with zero attached hydrogens (tertiary/aromatic N) is 1. The number of carbonyl (C=O) groups is 2.